The second-order valence-corrected chi connectivity index (χ2v) is 5.37. The van der Waals surface area contributed by atoms with Gasteiger partial charge < -0.3 is 15.7 Å². The van der Waals surface area contributed by atoms with E-state index in [4.69, 9.17) is 0 Å². The molecule has 0 radical (unpaired) electrons. The molecular weight excluding hydrogens is 218 g/mol. The van der Waals surface area contributed by atoms with Crippen LogP contribution in [0.1, 0.15) is 25.7 Å². The Hall–Kier alpha value is -0.650. The summed E-state index contributed by atoms with van der Waals surface area (Å²) in [5.74, 6) is 0.111. The summed E-state index contributed by atoms with van der Waals surface area (Å²) in [4.78, 5) is 13.9. The maximum atomic E-state index is 11.9. The zero-order valence-corrected chi connectivity index (χ0v) is 10.5. The van der Waals surface area contributed by atoms with Crippen LogP contribution in [0.2, 0.25) is 0 Å². The number of hydrogen-bond acceptors (Lipinski definition) is 4. The summed E-state index contributed by atoms with van der Waals surface area (Å²) < 4.78 is 0. The molecule has 0 aromatic heterocycles. The van der Waals surface area contributed by atoms with Crippen molar-refractivity contribution < 1.29 is 9.90 Å². The van der Waals surface area contributed by atoms with E-state index in [1.54, 1.807) is 0 Å². The van der Waals surface area contributed by atoms with E-state index in [1.807, 2.05) is 11.9 Å². The highest BCUT2D eigenvalue weighted by Gasteiger charge is 2.35. The Labute approximate surface area is 103 Å². The molecule has 0 spiro atoms. The molecule has 2 saturated heterocycles. The molecular formula is C12H23N3O2. The van der Waals surface area contributed by atoms with Crippen LogP contribution in [0.15, 0.2) is 0 Å². The maximum Gasteiger partial charge on any atom is 0.237 e. The fourth-order valence-corrected chi connectivity index (χ4v) is 2.78. The summed E-state index contributed by atoms with van der Waals surface area (Å²) in [6, 6.07) is -0.0814. The lowest BCUT2D eigenvalue weighted by atomic mass is 10.0. The van der Waals surface area contributed by atoms with Gasteiger partial charge in [0.1, 0.15) is 0 Å². The Balaban J connectivity index is 1.93. The second kappa shape index (κ2) is 5.33. The number of nitrogens with zero attached hydrogens (tertiary/aromatic N) is 1. The van der Waals surface area contributed by atoms with Crippen LogP contribution in [0.3, 0.4) is 0 Å². The molecule has 0 aromatic rings. The summed E-state index contributed by atoms with van der Waals surface area (Å²) >= 11 is 0. The van der Waals surface area contributed by atoms with Crippen molar-refractivity contribution >= 4 is 5.91 Å². The Bertz CT molecular complexity index is 277. The largest absolute Gasteiger partial charge is 0.387 e. The van der Waals surface area contributed by atoms with Crippen molar-refractivity contribution in [1.29, 1.82) is 0 Å². The molecule has 98 valence electrons. The smallest absolute Gasteiger partial charge is 0.237 e. The number of carbonyl (C=O) groups excluding carboxylic acids is 1. The van der Waals surface area contributed by atoms with Crippen LogP contribution >= 0.6 is 0 Å². The molecule has 0 aromatic carbocycles. The van der Waals surface area contributed by atoms with Crippen molar-refractivity contribution in [3.05, 3.63) is 0 Å². The third kappa shape index (κ3) is 3.18. The Kier molecular flexibility index (Phi) is 4.01. The third-order valence-corrected chi connectivity index (χ3v) is 3.80. The predicted molar refractivity (Wildman–Crippen MR) is 65.7 cm³/mol. The molecule has 5 nitrogen and oxygen atoms in total. The van der Waals surface area contributed by atoms with Crippen molar-refractivity contribution in [2.45, 2.75) is 37.3 Å². The highest BCUT2D eigenvalue weighted by Crippen LogP contribution is 2.19. The average Bonchev–Trinajstić information content (AvgIpc) is 2.57. The second-order valence-electron chi connectivity index (χ2n) is 5.37. The van der Waals surface area contributed by atoms with E-state index in [1.165, 1.54) is 0 Å². The minimum atomic E-state index is -0.665. The number of rotatable bonds is 3. The summed E-state index contributed by atoms with van der Waals surface area (Å²) in [7, 11) is 1.94. The fourth-order valence-electron chi connectivity index (χ4n) is 2.78. The molecule has 2 atom stereocenters. The highest BCUT2D eigenvalue weighted by atomic mass is 16.3. The van der Waals surface area contributed by atoms with E-state index in [-0.39, 0.29) is 11.9 Å². The van der Waals surface area contributed by atoms with Crippen LogP contribution in [0.4, 0.5) is 0 Å². The van der Waals surface area contributed by atoms with Crippen molar-refractivity contribution in [2.75, 3.05) is 33.2 Å². The van der Waals surface area contributed by atoms with E-state index in [0.29, 0.717) is 13.1 Å². The molecule has 2 fully saturated rings. The first-order chi connectivity index (χ1) is 8.11. The summed E-state index contributed by atoms with van der Waals surface area (Å²) in [5.41, 5.74) is -0.665. The standard InChI is InChI=1S/C12H23N3O2/c1-15(9-12(17)5-7-13-8-12)10-4-2-3-6-14-11(10)16/h10,13,17H,2-9H2,1H3,(H,14,16). The Morgan fingerprint density at radius 1 is 1.47 bits per heavy atom. The van der Waals surface area contributed by atoms with Gasteiger partial charge in [0, 0.05) is 19.6 Å². The molecule has 0 aliphatic carbocycles. The van der Waals surface area contributed by atoms with E-state index >= 15 is 0 Å². The Morgan fingerprint density at radius 3 is 3.00 bits per heavy atom. The van der Waals surface area contributed by atoms with Gasteiger partial charge in [-0.2, -0.15) is 0 Å². The number of likely N-dealkylation sites (N-methyl/N-ethyl adjacent to an activating group) is 1. The third-order valence-electron chi connectivity index (χ3n) is 3.80. The first-order valence-corrected chi connectivity index (χ1v) is 6.52. The van der Waals surface area contributed by atoms with E-state index in [0.717, 1.165) is 38.8 Å². The van der Waals surface area contributed by atoms with Gasteiger partial charge in [0.25, 0.3) is 0 Å². The van der Waals surface area contributed by atoms with Crippen molar-refractivity contribution in [3.8, 4) is 0 Å². The number of aliphatic hydroxyl groups is 1. The van der Waals surface area contributed by atoms with Gasteiger partial charge in [-0.05, 0) is 39.3 Å². The topological polar surface area (TPSA) is 64.6 Å². The van der Waals surface area contributed by atoms with Crippen molar-refractivity contribution in [2.24, 2.45) is 0 Å². The molecule has 17 heavy (non-hydrogen) atoms. The lowest BCUT2D eigenvalue weighted by Crippen LogP contribution is -2.51. The minimum absolute atomic E-state index is 0.0814. The zero-order valence-electron chi connectivity index (χ0n) is 10.5. The van der Waals surface area contributed by atoms with E-state index < -0.39 is 5.60 Å². The van der Waals surface area contributed by atoms with Crippen LogP contribution in [0.5, 0.6) is 0 Å². The quantitative estimate of drug-likeness (QED) is 0.612. The van der Waals surface area contributed by atoms with Gasteiger partial charge in [-0.1, -0.05) is 0 Å². The van der Waals surface area contributed by atoms with Crippen LogP contribution in [-0.4, -0.2) is 60.8 Å². The zero-order chi connectivity index (χ0) is 12.3. The average molecular weight is 241 g/mol. The van der Waals surface area contributed by atoms with Gasteiger partial charge in [-0.3, -0.25) is 9.69 Å². The molecule has 0 saturated carbocycles. The number of β-amino-alcohol motifs (C(OH)–C–C–N with tert-alkyl or cyclic N) is 1. The molecule has 0 bridgehead atoms. The minimum Gasteiger partial charge on any atom is -0.387 e. The maximum absolute atomic E-state index is 11.9. The first-order valence-electron chi connectivity index (χ1n) is 6.52. The monoisotopic (exact) mass is 241 g/mol. The highest BCUT2D eigenvalue weighted by molar-refractivity contribution is 5.81. The number of nitrogens with one attached hydrogen (secondary N) is 2. The van der Waals surface area contributed by atoms with Gasteiger partial charge >= 0.3 is 0 Å². The van der Waals surface area contributed by atoms with Crippen LogP contribution in [-0.2, 0) is 4.79 Å². The van der Waals surface area contributed by atoms with E-state index in [9.17, 15) is 9.90 Å². The van der Waals surface area contributed by atoms with Crippen LogP contribution in [0, 0.1) is 0 Å². The van der Waals surface area contributed by atoms with Gasteiger partial charge in [0.15, 0.2) is 0 Å². The van der Waals surface area contributed by atoms with Gasteiger partial charge in [-0.25, -0.2) is 0 Å². The summed E-state index contributed by atoms with van der Waals surface area (Å²) in [5, 5.41) is 16.4. The van der Waals surface area contributed by atoms with Crippen molar-refractivity contribution in [1.82, 2.24) is 15.5 Å². The fraction of sp³-hybridized carbons (Fsp3) is 0.917. The first kappa shape index (κ1) is 12.8. The van der Waals surface area contributed by atoms with Crippen LogP contribution in [0.25, 0.3) is 0 Å². The number of carbonyl (C=O) groups is 1. The number of amides is 1. The SMILES string of the molecule is CN(CC1(O)CCNC1)C1CCCCNC1=O. The molecule has 3 N–H and O–H groups in total. The van der Waals surface area contributed by atoms with Gasteiger partial charge in [0.05, 0.1) is 11.6 Å². The molecule has 5 heteroatoms. The van der Waals surface area contributed by atoms with Crippen molar-refractivity contribution in [3.63, 3.8) is 0 Å². The summed E-state index contributed by atoms with van der Waals surface area (Å²) in [6.45, 7) is 2.85. The molecule has 2 aliphatic heterocycles. The van der Waals surface area contributed by atoms with Gasteiger partial charge in [-0.15, -0.1) is 0 Å². The van der Waals surface area contributed by atoms with Crippen LogP contribution < -0.4 is 10.6 Å². The lowest BCUT2D eigenvalue weighted by molar-refractivity contribution is -0.126. The molecule has 1 amide bonds. The number of hydrogen-bond donors (Lipinski definition) is 3. The summed E-state index contributed by atoms with van der Waals surface area (Å²) in [6.07, 6.45) is 3.80. The predicted octanol–water partition coefficient (Wildman–Crippen LogP) is -0.689. The lowest BCUT2D eigenvalue weighted by Gasteiger charge is -2.32. The molecule has 2 aliphatic rings. The van der Waals surface area contributed by atoms with E-state index in [2.05, 4.69) is 10.6 Å². The normalized spacial score (nSPS) is 34.8. The Morgan fingerprint density at radius 2 is 2.29 bits per heavy atom. The molecule has 2 heterocycles. The molecule has 2 unspecified atom stereocenters. The molecule has 2 rings (SSSR count). The van der Waals surface area contributed by atoms with Gasteiger partial charge in [0.2, 0.25) is 5.91 Å².